The maximum Gasteiger partial charge on any atom is 0.284 e. The average Bonchev–Trinajstić information content (AvgIpc) is 2.49. The normalized spacial score (nSPS) is 11.8. The summed E-state index contributed by atoms with van der Waals surface area (Å²) in [6.07, 6.45) is 0. The van der Waals surface area contributed by atoms with Crippen molar-refractivity contribution in [1.29, 1.82) is 0 Å². The molecule has 2 rings (SSSR count). The molecule has 0 radical (unpaired) electrons. The van der Waals surface area contributed by atoms with Crippen molar-refractivity contribution in [2.75, 3.05) is 5.75 Å². The zero-order valence-electron chi connectivity index (χ0n) is 10.6. The number of ketones is 1. The summed E-state index contributed by atoms with van der Waals surface area (Å²) in [7, 11) is 0. The monoisotopic (exact) mass is 287 g/mol. The molecule has 0 aliphatic heterocycles. The van der Waals surface area contributed by atoms with Crippen molar-refractivity contribution in [2.45, 2.75) is 10.9 Å². The van der Waals surface area contributed by atoms with E-state index in [2.05, 4.69) is 0 Å². The Morgan fingerprint density at radius 1 is 1.05 bits per heavy atom. The first kappa shape index (κ1) is 14.3. The molecular weight excluding hydrogens is 274 g/mol. The minimum absolute atomic E-state index is 0.130. The Kier molecular flexibility index (Phi) is 4.90. The van der Waals surface area contributed by atoms with Crippen molar-refractivity contribution in [3.8, 4) is 0 Å². The second kappa shape index (κ2) is 6.86. The van der Waals surface area contributed by atoms with Crippen molar-refractivity contribution in [2.24, 2.45) is 0 Å². The first-order chi connectivity index (χ1) is 9.68. The number of hydrogen-bond donors (Lipinski definition) is 0. The van der Waals surface area contributed by atoms with Gasteiger partial charge in [0.05, 0.1) is 5.75 Å². The SMILES string of the molecule is O=C(c1ccccc1)C(CSc1ccccc1)[N+](=O)[O-]. The number of hydrogen-bond acceptors (Lipinski definition) is 4. The lowest BCUT2D eigenvalue weighted by Crippen LogP contribution is -2.32. The number of thioether (sulfide) groups is 1. The molecule has 1 unspecified atom stereocenters. The highest BCUT2D eigenvalue weighted by atomic mass is 32.2. The molecule has 2 aromatic rings. The van der Waals surface area contributed by atoms with Gasteiger partial charge in [0.25, 0.3) is 6.04 Å². The predicted molar refractivity (Wildman–Crippen MR) is 78.7 cm³/mol. The lowest BCUT2D eigenvalue weighted by atomic mass is 10.1. The van der Waals surface area contributed by atoms with Crippen LogP contribution in [0.1, 0.15) is 10.4 Å². The highest BCUT2D eigenvalue weighted by molar-refractivity contribution is 7.99. The summed E-state index contributed by atoms with van der Waals surface area (Å²) in [5.41, 5.74) is 0.378. The number of rotatable bonds is 6. The van der Waals surface area contributed by atoms with Crippen LogP contribution in [0, 0.1) is 10.1 Å². The van der Waals surface area contributed by atoms with Gasteiger partial charge >= 0.3 is 0 Å². The van der Waals surface area contributed by atoms with Gasteiger partial charge in [-0.15, -0.1) is 11.8 Å². The molecule has 0 spiro atoms. The lowest BCUT2D eigenvalue weighted by Gasteiger charge is -2.08. The summed E-state index contributed by atoms with van der Waals surface area (Å²) < 4.78 is 0. The zero-order valence-corrected chi connectivity index (χ0v) is 11.5. The van der Waals surface area contributed by atoms with Gasteiger partial charge in [-0.3, -0.25) is 14.9 Å². The van der Waals surface area contributed by atoms with Gasteiger partial charge < -0.3 is 0 Å². The maximum absolute atomic E-state index is 12.2. The highest BCUT2D eigenvalue weighted by Crippen LogP contribution is 2.20. The summed E-state index contributed by atoms with van der Waals surface area (Å²) in [6, 6.07) is 16.5. The Morgan fingerprint density at radius 3 is 2.15 bits per heavy atom. The molecule has 0 saturated heterocycles. The number of nitro groups is 1. The molecule has 102 valence electrons. The van der Waals surface area contributed by atoms with E-state index in [0.717, 1.165) is 4.90 Å². The molecule has 0 bridgehead atoms. The van der Waals surface area contributed by atoms with Gasteiger partial charge in [-0.05, 0) is 12.1 Å². The zero-order chi connectivity index (χ0) is 14.4. The number of nitrogens with zero attached hydrogens (tertiary/aromatic N) is 1. The molecule has 2 aromatic carbocycles. The molecule has 5 heteroatoms. The van der Waals surface area contributed by atoms with Crippen molar-refractivity contribution in [1.82, 2.24) is 0 Å². The first-order valence-electron chi connectivity index (χ1n) is 6.09. The summed E-state index contributed by atoms with van der Waals surface area (Å²) >= 11 is 1.32. The number of carbonyl (C=O) groups is 1. The fourth-order valence-corrected chi connectivity index (χ4v) is 2.69. The molecule has 0 aromatic heterocycles. The van der Waals surface area contributed by atoms with Crippen LogP contribution in [0.2, 0.25) is 0 Å². The molecule has 0 amide bonds. The Labute approximate surface area is 121 Å². The molecule has 0 saturated carbocycles. The van der Waals surface area contributed by atoms with E-state index in [-0.39, 0.29) is 5.75 Å². The van der Waals surface area contributed by atoms with E-state index in [1.165, 1.54) is 11.8 Å². The largest absolute Gasteiger partial charge is 0.286 e. The van der Waals surface area contributed by atoms with E-state index in [1.54, 1.807) is 30.3 Å². The van der Waals surface area contributed by atoms with Gasteiger partial charge in [0.15, 0.2) is 0 Å². The Hall–Kier alpha value is -2.14. The van der Waals surface area contributed by atoms with Gasteiger partial charge in [0.2, 0.25) is 5.78 Å². The van der Waals surface area contributed by atoms with Crippen LogP contribution in [0.25, 0.3) is 0 Å². The molecule has 0 heterocycles. The third-order valence-electron chi connectivity index (χ3n) is 2.77. The molecule has 0 N–H and O–H groups in total. The third kappa shape index (κ3) is 3.68. The Bertz CT molecular complexity index is 587. The van der Waals surface area contributed by atoms with Crippen LogP contribution in [-0.2, 0) is 0 Å². The van der Waals surface area contributed by atoms with Crippen LogP contribution < -0.4 is 0 Å². The maximum atomic E-state index is 12.2. The van der Waals surface area contributed by atoms with E-state index in [1.807, 2.05) is 30.3 Å². The topological polar surface area (TPSA) is 60.2 Å². The summed E-state index contributed by atoms with van der Waals surface area (Å²) in [6.45, 7) is 0. The number of benzene rings is 2. The lowest BCUT2D eigenvalue weighted by molar-refractivity contribution is -0.499. The van der Waals surface area contributed by atoms with Crippen molar-refractivity contribution in [3.05, 3.63) is 76.3 Å². The predicted octanol–water partition coefficient (Wildman–Crippen LogP) is 3.31. The van der Waals surface area contributed by atoms with Crippen molar-refractivity contribution < 1.29 is 9.72 Å². The quantitative estimate of drug-likeness (QED) is 0.354. The second-order valence-electron chi connectivity index (χ2n) is 4.16. The van der Waals surface area contributed by atoms with Crippen LogP contribution in [-0.4, -0.2) is 22.5 Å². The summed E-state index contributed by atoms with van der Waals surface area (Å²) in [5.74, 6) is -0.316. The highest BCUT2D eigenvalue weighted by Gasteiger charge is 2.30. The first-order valence-corrected chi connectivity index (χ1v) is 7.07. The number of carbonyl (C=O) groups excluding carboxylic acids is 1. The van der Waals surface area contributed by atoms with Crippen LogP contribution in [0.15, 0.2) is 65.6 Å². The van der Waals surface area contributed by atoms with Gasteiger partial charge in [-0.1, -0.05) is 48.5 Å². The molecule has 0 aliphatic rings. The summed E-state index contributed by atoms with van der Waals surface area (Å²) in [5, 5.41) is 11.1. The summed E-state index contributed by atoms with van der Waals surface area (Å²) in [4.78, 5) is 23.7. The van der Waals surface area contributed by atoms with Crippen LogP contribution in [0.4, 0.5) is 0 Å². The van der Waals surface area contributed by atoms with Gasteiger partial charge in [-0.2, -0.15) is 0 Å². The van der Waals surface area contributed by atoms with Crippen LogP contribution in [0.5, 0.6) is 0 Å². The number of Topliss-reactive ketones (excluding diaryl/α,β-unsaturated/α-hetero) is 1. The standard InChI is InChI=1S/C15H13NO3S/c17-15(12-7-3-1-4-8-12)14(16(18)19)11-20-13-9-5-2-6-10-13/h1-10,14H,11H2. The van der Waals surface area contributed by atoms with E-state index in [9.17, 15) is 14.9 Å². The third-order valence-corrected chi connectivity index (χ3v) is 3.85. The second-order valence-corrected chi connectivity index (χ2v) is 5.25. The Balaban J connectivity index is 2.08. The van der Waals surface area contributed by atoms with Crippen LogP contribution in [0.3, 0.4) is 0 Å². The molecule has 20 heavy (non-hydrogen) atoms. The molecule has 0 aliphatic carbocycles. The molecular formula is C15H13NO3S. The van der Waals surface area contributed by atoms with Crippen molar-refractivity contribution in [3.63, 3.8) is 0 Å². The average molecular weight is 287 g/mol. The van der Waals surface area contributed by atoms with Gasteiger partial charge in [0.1, 0.15) is 0 Å². The minimum Gasteiger partial charge on any atom is -0.286 e. The molecule has 1 atom stereocenters. The van der Waals surface area contributed by atoms with E-state index in [0.29, 0.717) is 5.56 Å². The Morgan fingerprint density at radius 2 is 1.60 bits per heavy atom. The molecule has 0 fully saturated rings. The van der Waals surface area contributed by atoms with E-state index in [4.69, 9.17) is 0 Å². The van der Waals surface area contributed by atoms with E-state index >= 15 is 0 Å². The fourth-order valence-electron chi connectivity index (χ4n) is 1.72. The molecule has 4 nitrogen and oxygen atoms in total. The van der Waals surface area contributed by atoms with Gasteiger partial charge in [0, 0.05) is 15.4 Å². The minimum atomic E-state index is -1.22. The fraction of sp³-hybridized carbons (Fsp3) is 0.133. The van der Waals surface area contributed by atoms with E-state index < -0.39 is 16.7 Å². The van der Waals surface area contributed by atoms with Crippen LogP contribution >= 0.6 is 11.8 Å². The smallest absolute Gasteiger partial charge is 0.284 e. The van der Waals surface area contributed by atoms with Crippen molar-refractivity contribution >= 4 is 17.5 Å². The van der Waals surface area contributed by atoms with Gasteiger partial charge in [-0.25, -0.2) is 0 Å².